The van der Waals surface area contributed by atoms with Gasteiger partial charge in [-0.15, -0.1) is 23.5 Å². The summed E-state index contributed by atoms with van der Waals surface area (Å²) in [5, 5.41) is 1.00. The number of rotatable bonds is 22. The second-order valence-corrected chi connectivity index (χ2v) is 12.7. The van der Waals surface area contributed by atoms with Crippen LogP contribution in [0.5, 0.6) is 0 Å². The maximum absolute atomic E-state index is 11.9. The molecular weight excluding hydrogens is 496 g/mol. The summed E-state index contributed by atoms with van der Waals surface area (Å²) >= 11 is 6.89. The first-order valence-corrected chi connectivity index (χ1v) is 15.2. The molecule has 0 saturated carbocycles. The normalized spacial score (nSPS) is 11.5. The summed E-state index contributed by atoms with van der Waals surface area (Å²) < 4.78 is 10.6. The van der Waals surface area contributed by atoms with Crippen LogP contribution >= 0.6 is 39.5 Å². The van der Waals surface area contributed by atoms with Crippen molar-refractivity contribution in [2.24, 2.45) is 0 Å². The van der Waals surface area contributed by atoms with E-state index in [0.29, 0.717) is 26.1 Å². The summed E-state index contributed by atoms with van der Waals surface area (Å²) in [6.45, 7) is 7.59. The van der Waals surface area contributed by atoms with E-state index < -0.39 is 0 Å². The lowest BCUT2D eigenvalue weighted by atomic mass is 10.1. The molecule has 0 radical (unpaired) electrons. The third kappa shape index (κ3) is 23.1. The molecule has 0 unspecified atom stereocenters. The van der Waals surface area contributed by atoms with E-state index in [9.17, 15) is 9.59 Å². The molecule has 0 aromatic carbocycles. The number of thioether (sulfide) groups is 2. The summed E-state index contributed by atoms with van der Waals surface area (Å²) in [6.07, 6.45) is 14.0. The fourth-order valence-corrected chi connectivity index (χ4v) is 5.68. The summed E-state index contributed by atoms with van der Waals surface area (Å²) in [5.74, 6) is 1.27. The van der Waals surface area contributed by atoms with Gasteiger partial charge in [0, 0.05) is 16.8 Å². The van der Waals surface area contributed by atoms with Gasteiger partial charge in [-0.3, -0.25) is 9.59 Å². The predicted molar refractivity (Wildman–Crippen MR) is 140 cm³/mol. The van der Waals surface area contributed by atoms with Crippen LogP contribution in [0.25, 0.3) is 0 Å². The van der Waals surface area contributed by atoms with Crippen molar-refractivity contribution in [2.45, 2.75) is 108 Å². The molecule has 0 rings (SSSR count). The fraction of sp³-hybridized carbons (Fsp3) is 0.917. The minimum absolute atomic E-state index is 0.0335. The molecule has 0 saturated heterocycles. The van der Waals surface area contributed by atoms with Gasteiger partial charge in [0.1, 0.15) is 0 Å². The number of carbonyl (C=O) groups is 2. The molecule has 184 valence electrons. The molecule has 0 atom stereocenters. The SMILES string of the molecule is CCCCCCCCCCOC(=O)CCSC(C)(C)SCCC(=O)OCCCCCBr. The zero-order valence-corrected chi connectivity index (χ0v) is 23.3. The van der Waals surface area contributed by atoms with Crippen molar-refractivity contribution in [2.75, 3.05) is 30.0 Å². The van der Waals surface area contributed by atoms with Gasteiger partial charge in [0.05, 0.1) is 30.1 Å². The van der Waals surface area contributed by atoms with Crippen LogP contribution in [0.2, 0.25) is 0 Å². The molecule has 0 bridgehead atoms. The van der Waals surface area contributed by atoms with Crippen molar-refractivity contribution in [3.63, 3.8) is 0 Å². The second-order valence-electron chi connectivity index (χ2n) is 8.26. The average Bonchev–Trinajstić information content (AvgIpc) is 2.72. The Labute approximate surface area is 208 Å². The van der Waals surface area contributed by atoms with Gasteiger partial charge in [-0.05, 0) is 39.5 Å². The first kappa shape index (κ1) is 31.1. The molecule has 0 N–H and O–H groups in total. The maximum atomic E-state index is 11.9. The Balaban J connectivity index is 3.60. The topological polar surface area (TPSA) is 52.6 Å². The van der Waals surface area contributed by atoms with E-state index in [0.717, 1.165) is 48.9 Å². The Morgan fingerprint density at radius 2 is 1.13 bits per heavy atom. The number of unbranched alkanes of at least 4 members (excludes halogenated alkanes) is 9. The first-order valence-electron chi connectivity index (χ1n) is 12.1. The quantitative estimate of drug-likeness (QED) is 0.0604. The molecule has 4 nitrogen and oxygen atoms in total. The molecule has 0 amide bonds. The Bertz CT molecular complexity index is 447. The lowest BCUT2D eigenvalue weighted by Gasteiger charge is -2.23. The average molecular weight is 542 g/mol. The molecule has 0 aromatic heterocycles. The summed E-state index contributed by atoms with van der Waals surface area (Å²) in [5.41, 5.74) is 0. The van der Waals surface area contributed by atoms with Crippen molar-refractivity contribution in [3.05, 3.63) is 0 Å². The minimum atomic E-state index is -0.114. The highest BCUT2D eigenvalue weighted by atomic mass is 79.9. The Morgan fingerprint density at radius 3 is 1.58 bits per heavy atom. The van der Waals surface area contributed by atoms with E-state index >= 15 is 0 Å². The smallest absolute Gasteiger partial charge is 0.306 e. The van der Waals surface area contributed by atoms with Crippen molar-refractivity contribution in [1.82, 2.24) is 0 Å². The highest BCUT2D eigenvalue weighted by molar-refractivity contribution is 9.09. The highest BCUT2D eigenvalue weighted by Gasteiger charge is 2.20. The van der Waals surface area contributed by atoms with Crippen molar-refractivity contribution in [3.8, 4) is 0 Å². The molecule has 0 fully saturated rings. The molecule has 31 heavy (non-hydrogen) atoms. The van der Waals surface area contributed by atoms with Crippen LogP contribution in [0.15, 0.2) is 0 Å². The lowest BCUT2D eigenvalue weighted by molar-refractivity contribution is -0.144. The Morgan fingerprint density at radius 1 is 0.710 bits per heavy atom. The van der Waals surface area contributed by atoms with Crippen LogP contribution in [0.3, 0.4) is 0 Å². The van der Waals surface area contributed by atoms with Gasteiger partial charge in [0.15, 0.2) is 0 Å². The van der Waals surface area contributed by atoms with E-state index in [2.05, 4.69) is 36.7 Å². The molecule has 7 heteroatoms. The van der Waals surface area contributed by atoms with Crippen molar-refractivity contribution in [1.29, 1.82) is 0 Å². The van der Waals surface area contributed by atoms with E-state index in [4.69, 9.17) is 9.47 Å². The van der Waals surface area contributed by atoms with Crippen LogP contribution in [0.1, 0.15) is 104 Å². The molecule has 0 aromatic rings. The molecule has 0 heterocycles. The van der Waals surface area contributed by atoms with Gasteiger partial charge in [0.25, 0.3) is 0 Å². The van der Waals surface area contributed by atoms with Gasteiger partial charge in [0.2, 0.25) is 0 Å². The number of halogens is 1. The van der Waals surface area contributed by atoms with Crippen molar-refractivity contribution >= 4 is 51.4 Å². The highest BCUT2D eigenvalue weighted by Crippen LogP contribution is 2.37. The minimum Gasteiger partial charge on any atom is -0.466 e. The van der Waals surface area contributed by atoms with E-state index in [1.165, 1.54) is 38.5 Å². The molecule has 0 aliphatic carbocycles. The fourth-order valence-electron chi connectivity index (χ4n) is 2.93. The third-order valence-corrected chi connectivity index (χ3v) is 8.29. The Hall–Kier alpha value is 0.120. The predicted octanol–water partition coefficient (Wildman–Crippen LogP) is 7.76. The number of ether oxygens (including phenoxy) is 2. The zero-order valence-electron chi connectivity index (χ0n) is 20.1. The monoisotopic (exact) mass is 540 g/mol. The van der Waals surface area contributed by atoms with Crippen LogP contribution < -0.4 is 0 Å². The number of carbonyl (C=O) groups excluding carboxylic acids is 2. The van der Waals surface area contributed by atoms with Crippen LogP contribution in [-0.4, -0.2) is 46.1 Å². The number of alkyl halides is 1. The number of hydrogen-bond acceptors (Lipinski definition) is 6. The standard InChI is InChI=1S/C24H45BrO4S2/c1-4-5-6-7-8-9-10-13-18-28-22(26)15-20-30-24(2,3)31-21-16-23(27)29-19-14-11-12-17-25/h4-21H2,1-3H3. The molecular formula is C24H45BrO4S2. The molecule has 0 aliphatic rings. The van der Waals surface area contributed by atoms with Crippen LogP contribution in [-0.2, 0) is 19.1 Å². The largest absolute Gasteiger partial charge is 0.466 e. The maximum Gasteiger partial charge on any atom is 0.306 e. The number of hydrogen-bond donors (Lipinski definition) is 0. The Kier molecular flexibility index (Phi) is 22.0. The first-order chi connectivity index (χ1) is 14.9. The van der Waals surface area contributed by atoms with Crippen LogP contribution in [0.4, 0.5) is 0 Å². The number of esters is 2. The second kappa shape index (κ2) is 21.9. The summed E-state index contributed by atoms with van der Waals surface area (Å²) in [6, 6.07) is 0. The van der Waals surface area contributed by atoms with Gasteiger partial charge in [-0.1, -0.05) is 67.8 Å². The van der Waals surface area contributed by atoms with E-state index in [1.54, 1.807) is 23.5 Å². The third-order valence-electron chi connectivity index (χ3n) is 4.81. The molecule has 0 spiro atoms. The summed E-state index contributed by atoms with van der Waals surface area (Å²) in [7, 11) is 0. The lowest BCUT2D eigenvalue weighted by Crippen LogP contribution is -2.15. The van der Waals surface area contributed by atoms with Gasteiger partial charge >= 0.3 is 11.9 Å². The van der Waals surface area contributed by atoms with E-state index in [1.807, 2.05) is 0 Å². The van der Waals surface area contributed by atoms with Gasteiger partial charge in [-0.25, -0.2) is 0 Å². The van der Waals surface area contributed by atoms with Crippen LogP contribution in [0, 0.1) is 0 Å². The van der Waals surface area contributed by atoms with Crippen molar-refractivity contribution < 1.29 is 19.1 Å². The van der Waals surface area contributed by atoms with Gasteiger partial charge in [-0.2, -0.15) is 0 Å². The molecule has 0 aliphatic heterocycles. The van der Waals surface area contributed by atoms with E-state index in [-0.39, 0.29) is 16.0 Å². The van der Waals surface area contributed by atoms with Gasteiger partial charge < -0.3 is 9.47 Å². The summed E-state index contributed by atoms with van der Waals surface area (Å²) in [4.78, 5) is 23.7. The zero-order chi connectivity index (χ0) is 23.2.